The van der Waals surface area contributed by atoms with Crippen LogP contribution in [0.5, 0.6) is 0 Å². The standard InChI is InChI=1S/C36H24S/c1-2-6-25(7-3-1)26-10-12-27(13-11-26)28-14-16-29(17-15-28)30-18-20-31(21-19-30)32-22-23-36-34(24-32)33-8-4-5-9-35(33)37-36/h1-24H. The molecular weight excluding hydrogens is 464 g/mol. The summed E-state index contributed by atoms with van der Waals surface area (Å²) in [6.45, 7) is 0. The molecule has 0 saturated carbocycles. The molecule has 6 aromatic carbocycles. The van der Waals surface area contributed by atoms with E-state index in [1.807, 2.05) is 11.3 Å². The molecule has 0 bridgehead atoms. The number of fused-ring (bicyclic) bond motifs is 3. The Morgan fingerprint density at radius 1 is 0.270 bits per heavy atom. The second kappa shape index (κ2) is 9.20. The Morgan fingerprint density at radius 2 is 0.649 bits per heavy atom. The van der Waals surface area contributed by atoms with E-state index in [1.54, 1.807) is 0 Å². The van der Waals surface area contributed by atoms with E-state index in [-0.39, 0.29) is 0 Å². The second-order valence-corrected chi connectivity index (χ2v) is 10.5. The van der Waals surface area contributed by atoms with Crippen molar-refractivity contribution in [1.82, 2.24) is 0 Å². The van der Waals surface area contributed by atoms with Gasteiger partial charge in [-0.3, -0.25) is 0 Å². The van der Waals surface area contributed by atoms with Crippen molar-refractivity contribution >= 4 is 31.5 Å². The molecule has 1 heterocycles. The third-order valence-electron chi connectivity index (χ3n) is 7.14. The predicted molar refractivity (Wildman–Crippen MR) is 161 cm³/mol. The minimum atomic E-state index is 1.23. The molecule has 7 rings (SSSR count). The van der Waals surface area contributed by atoms with Crippen molar-refractivity contribution in [2.24, 2.45) is 0 Å². The minimum absolute atomic E-state index is 1.23. The van der Waals surface area contributed by atoms with Crippen LogP contribution in [0, 0.1) is 0 Å². The van der Waals surface area contributed by atoms with Gasteiger partial charge >= 0.3 is 0 Å². The second-order valence-electron chi connectivity index (χ2n) is 9.41. The van der Waals surface area contributed by atoms with E-state index in [4.69, 9.17) is 0 Å². The van der Waals surface area contributed by atoms with Crippen LogP contribution in [-0.4, -0.2) is 0 Å². The fourth-order valence-electron chi connectivity index (χ4n) is 5.10. The Labute approximate surface area is 221 Å². The van der Waals surface area contributed by atoms with Crippen LogP contribution in [0.1, 0.15) is 0 Å². The summed E-state index contributed by atoms with van der Waals surface area (Å²) in [5.74, 6) is 0. The third-order valence-corrected chi connectivity index (χ3v) is 8.29. The summed E-state index contributed by atoms with van der Waals surface area (Å²) >= 11 is 1.86. The van der Waals surface area contributed by atoms with Crippen LogP contribution in [0.2, 0.25) is 0 Å². The molecule has 0 amide bonds. The zero-order chi connectivity index (χ0) is 24.6. The van der Waals surface area contributed by atoms with Gasteiger partial charge in [0.25, 0.3) is 0 Å². The van der Waals surface area contributed by atoms with E-state index in [0.717, 1.165) is 0 Å². The summed E-state index contributed by atoms with van der Waals surface area (Å²) in [5, 5.41) is 2.69. The fraction of sp³-hybridized carbons (Fsp3) is 0. The predicted octanol–water partition coefficient (Wildman–Crippen LogP) is 10.7. The van der Waals surface area contributed by atoms with Crippen LogP contribution in [0.4, 0.5) is 0 Å². The van der Waals surface area contributed by atoms with Crippen molar-refractivity contribution in [3.8, 4) is 44.5 Å². The highest BCUT2D eigenvalue weighted by atomic mass is 32.1. The van der Waals surface area contributed by atoms with Crippen LogP contribution in [0.3, 0.4) is 0 Å². The molecule has 0 N–H and O–H groups in total. The van der Waals surface area contributed by atoms with Crippen molar-refractivity contribution in [3.63, 3.8) is 0 Å². The molecule has 0 aliphatic carbocycles. The van der Waals surface area contributed by atoms with Gasteiger partial charge in [0.15, 0.2) is 0 Å². The molecule has 1 aromatic heterocycles. The third kappa shape index (κ3) is 4.14. The largest absolute Gasteiger partial charge is 0.135 e. The number of hydrogen-bond donors (Lipinski definition) is 0. The number of thiophene rings is 1. The first kappa shape index (κ1) is 21.8. The SMILES string of the molecule is c1ccc(-c2ccc(-c3ccc(-c4ccc(-c5ccc6sc7ccccc7c6c5)cc4)cc3)cc2)cc1. The summed E-state index contributed by atoms with van der Waals surface area (Å²) in [6, 6.07) is 52.7. The van der Waals surface area contributed by atoms with Crippen LogP contribution in [-0.2, 0) is 0 Å². The molecule has 0 radical (unpaired) electrons. The summed E-state index contributed by atoms with van der Waals surface area (Å²) in [4.78, 5) is 0. The molecule has 0 spiro atoms. The Kier molecular flexibility index (Phi) is 5.42. The lowest BCUT2D eigenvalue weighted by molar-refractivity contribution is 1.57. The number of rotatable bonds is 4. The van der Waals surface area contributed by atoms with E-state index in [0.29, 0.717) is 0 Å². The van der Waals surface area contributed by atoms with Crippen molar-refractivity contribution in [3.05, 3.63) is 146 Å². The first-order chi connectivity index (χ1) is 18.3. The molecular formula is C36H24S. The summed E-state index contributed by atoms with van der Waals surface area (Å²) in [7, 11) is 0. The van der Waals surface area contributed by atoms with Crippen molar-refractivity contribution in [2.45, 2.75) is 0 Å². The first-order valence-corrected chi connectivity index (χ1v) is 13.4. The van der Waals surface area contributed by atoms with E-state index in [1.165, 1.54) is 64.7 Å². The highest BCUT2D eigenvalue weighted by molar-refractivity contribution is 7.25. The van der Waals surface area contributed by atoms with Gasteiger partial charge in [-0.15, -0.1) is 11.3 Å². The van der Waals surface area contributed by atoms with Crippen LogP contribution >= 0.6 is 11.3 Å². The van der Waals surface area contributed by atoms with Crippen LogP contribution in [0.15, 0.2) is 146 Å². The van der Waals surface area contributed by atoms with Crippen molar-refractivity contribution in [2.75, 3.05) is 0 Å². The summed E-state index contributed by atoms with van der Waals surface area (Å²) in [6.07, 6.45) is 0. The summed E-state index contributed by atoms with van der Waals surface area (Å²) < 4.78 is 2.69. The topological polar surface area (TPSA) is 0 Å². The van der Waals surface area contributed by atoms with Gasteiger partial charge in [-0.1, -0.05) is 127 Å². The van der Waals surface area contributed by atoms with E-state index < -0.39 is 0 Å². The molecule has 0 aliphatic heterocycles. The van der Waals surface area contributed by atoms with Gasteiger partial charge < -0.3 is 0 Å². The molecule has 0 atom stereocenters. The van der Waals surface area contributed by atoms with E-state index >= 15 is 0 Å². The molecule has 0 fully saturated rings. The highest BCUT2D eigenvalue weighted by Gasteiger charge is 2.07. The van der Waals surface area contributed by atoms with Gasteiger partial charge in [-0.05, 0) is 62.7 Å². The normalized spacial score (nSPS) is 11.2. The van der Waals surface area contributed by atoms with E-state index in [2.05, 4.69) is 146 Å². The van der Waals surface area contributed by atoms with Gasteiger partial charge in [-0.25, -0.2) is 0 Å². The highest BCUT2D eigenvalue weighted by Crippen LogP contribution is 2.36. The van der Waals surface area contributed by atoms with Crippen LogP contribution in [0.25, 0.3) is 64.7 Å². The van der Waals surface area contributed by atoms with Gasteiger partial charge in [0, 0.05) is 20.2 Å². The Bertz CT molecular complexity index is 1820. The van der Waals surface area contributed by atoms with Crippen LogP contribution < -0.4 is 0 Å². The smallest absolute Gasteiger partial charge is 0.0355 e. The first-order valence-electron chi connectivity index (χ1n) is 12.6. The maximum atomic E-state index is 2.33. The molecule has 1 heteroatoms. The lowest BCUT2D eigenvalue weighted by Gasteiger charge is -2.08. The Morgan fingerprint density at radius 3 is 1.19 bits per heavy atom. The minimum Gasteiger partial charge on any atom is -0.135 e. The average molecular weight is 489 g/mol. The lowest BCUT2D eigenvalue weighted by Crippen LogP contribution is -1.83. The monoisotopic (exact) mass is 488 g/mol. The Hall–Kier alpha value is -4.46. The molecule has 37 heavy (non-hydrogen) atoms. The fourth-order valence-corrected chi connectivity index (χ4v) is 6.19. The molecule has 0 unspecified atom stereocenters. The van der Waals surface area contributed by atoms with Gasteiger partial charge in [-0.2, -0.15) is 0 Å². The van der Waals surface area contributed by atoms with Crippen molar-refractivity contribution in [1.29, 1.82) is 0 Å². The average Bonchev–Trinajstić information content (AvgIpc) is 3.36. The van der Waals surface area contributed by atoms with Gasteiger partial charge in [0.1, 0.15) is 0 Å². The zero-order valence-corrected chi connectivity index (χ0v) is 21.1. The Balaban J connectivity index is 1.13. The van der Waals surface area contributed by atoms with Gasteiger partial charge in [0.05, 0.1) is 0 Å². The molecule has 0 aliphatic rings. The lowest BCUT2D eigenvalue weighted by atomic mass is 9.96. The summed E-state index contributed by atoms with van der Waals surface area (Å²) in [5.41, 5.74) is 9.93. The molecule has 7 aromatic rings. The quantitative estimate of drug-likeness (QED) is 0.231. The van der Waals surface area contributed by atoms with E-state index in [9.17, 15) is 0 Å². The molecule has 0 nitrogen and oxygen atoms in total. The number of hydrogen-bond acceptors (Lipinski definition) is 1. The maximum absolute atomic E-state index is 2.33. The van der Waals surface area contributed by atoms with Gasteiger partial charge in [0.2, 0.25) is 0 Å². The van der Waals surface area contributed by atoms with Crippen molar-refractivity contribution < 1.29 is 0 Å². The maximum Gasteiger partial charge on any atom is 0.0355 e. The molecule has 0 saturated heterocycles. The number of benzene rings is 6. The zero-order valence-electron chi connectivity index (χ0n) is 20.3. The molecule has 174 valence electrons.